The van der Waals surface area contributed by atoms with Crippen LogP contribution in [0.2, 0.25) is 0 Å². The van der Waals surface area contributed by atoms with E-state index in [-0.39, 0.29) is 17.8 Å². The van der Waals surface area contributed by atoms with Crippen molar-refractivity contribution in [3.63, 3.8) is 0 Å². The zero-order chi connectivity index (χ0) is 16.4. The summed E-state index contributed by atoms with van der Waals surface area (Å²) in [4.78, 5) is 12.3. The fourth-order valence-corrected chi connectivity index (χ4v) is 2.18. The molecule has 0 saturated heterocycles. The van der Waals surface area contributed by atoms with Crippen molar-refractivity contribution >= 4 is 11.9 Å². The molecular weight excluding hydrogens is 298 g/mol. The lowest BCUT2D eigenvalue weighted by Crippen LogP contribution is -2.13. The van der Waals surface area contributed by atoms with Gasteiger partial charge in [-0.3, -0.25) is 14.8 Å². The summed E-state index contributed by atoms with van der Waals surface area (Å²) in [6.45, 7) is 1.87. The summed E-state index contributed by atoms with van der Waals surface area (Å²) in [6.07, 6.45) is 0. The highest BCUT2D eigenvalue weighted by molar-refractivity contribution is 6.05. The Morgan fingerprint density at radius 1 is 1.30 bits per heavy atom. The second-order valence-electron chi connectivity index (χ2n) is 4.86. The summed E-state index contributed by atoms with van der Waals surface area (Å²) in [6, 6.07) is 8.71. The summed E-state index contributed by atoms with van der Waals surface area (Å²) in [7, 11) is 3.28. The third-order valence-corrected chi connectivity index (χ3v) is 3.22. The van der Waals surface area contributed by atoms with Crippen molar-refractivity contribution in [2.75, 3.05) is 12.4 Å². The van der Waals surface area contributed by atoms with E-state index in [0.717, 1.165) is 5.69 Å². The molecule has 2 heterocycles. The summed E-state index contributed by atoms with van der Waals surface area (Å²) < 4.78 is 12.3. The van der Waals surface area contributed by atoms with Gasteiger partial charge in [0.25, 0.3) is 11.8 Å². The third kappa shape index (κ3) is 2.91. The summed E-state index contributed by atoms with van der Waals surface area (Å²) >= 11 is 0. The van der Waals surface area contributed by atoms with E-state index in [0.29, 0.717) is 17.0 Å². The molecule has 1 amide bonds. The molecule has 0 saturated carbocycles. The molecule has 8 nitrogen and oxygen atoms in total. The van der Waals surface area contributed by atoms with Crippen molar-refractivity contribution in [1.29, 1.82) is 0 Å². The lowest BCUT2D eigenvalue weighted by atomic mass is 10.2. The average molecular weight is 313 g/mol. The number of nitrogens with one attached hydrogen (secondary N) is 1. The Hall–Kier alpha value is -3.16. The maximum atomic E-state index is 12.3. The molecule has 0 aliphatic carbocycles. The predicted molar refractivity (Wildman–Crippen MR) is 82.2 cm³/mol. The SMILES string of the molecule is COc1ccccc1C(=O)Nc1nnc(-c2cc(C)nn2C)o1. The Morgan fingerprint density at radius 2 is 2.09 bits per heavy atom. The number of amides is 1. The first-order valence-corrected chi connectivity index (χ1v) is 6.87. The molecule has 0 unspecified atom stereocenters. The zero-order valence-corrected chi connectivity index (χ0v) is 12.9. The van der Waals surface area contributed by atoms with E-state index < -0.39 is 0 Å². The van der Waals surface area contributed by atoms with Crippen molar-refractivity contribution in [3.05, 3.63) is 41.6 Å². The number of ether oxygens (including phenoxy) is 1. The van der Waals surface area contributed by atoms with Crippen LogP contribution in [0.15, 0.2) is 34.7 Å². The van der Waals surface area contributed by atoms with E-state index in [4.69, 9.17) is 9.15 Å². The molecule has 0 bridgehead atoms. The van der Waals surface area contributed by atoms with Crippen LogP contribution >= 0.6 is 0 Å². The molecule has 8 heteroatoms. The van der Waals surface area contributed by atoms with Crippen LogP contribution in [0.4, 0.5) is 6.01 Å². The van der Waals surface area contributed by atoms with E-state index in [1.54, 1.807) is 36.0 Å². The van der Waals surface area contributed by atoms with Crippen LogP contribution in [0.25, 0.3) is 11.6 Å². The predicted octanol–water partition coefficient (Wildman–Crippen LogP) is 2.04. The highest BCUT2D eigenvalue weighted by Gasteiger charge is 2.17. The average Bonchev–Trinajstić information content (AvgIpc) is 3.13. The Balaban J connectivity index is 1.82. The van der Waals surface area contributed by atoms with Crippen LogP contribution in [0, 0.1) is 6.92 Å². The van der Waals surface area contributed by atoms with Gasteiger partial charge >= 0.3 is 6.01 Å². The molecule has 0 fully saturated rings. The largest absolute Gasteiger partial charge is 0.496 e. The second-order valence-corrected chi connectivity index (χ2v) is 4.86. The van der Waals surface area contributed by atoms with E-state index in [1.165, 1.54) is 7.11 Å². The number of hydrogen-bond acceptors (Lipinski definition) is 6. The molecular formula is C15H15N5O3. The number of aromatic nitrogens is 4. The van der Waals surface area contributed by atoms with Gasteiger partial charge in [0.15, 0.2) is 0 Å². The quantitative estimate of drug-likeness (QED) is 0.792. The van der Waals surface area contributed by atoms with Crippen molar-refractivity contribution in [2.45, 2.75) is 6.92 Å². The Bertz CT molecular complexity index is 852. The van der Waals surface area contributed by atoms with E-state index in [2.05, 4.69) is 20.6 Å². The number of carbonyl (C=O) groups is 1. The zero-order valence-electron chi connectivity index (χ0n) is 12.9. The van der Waals surface area contributed by atoms with Gasteiger partial charge in [0.1, 0.15) is 11.4 Å². The van der Waals surface area contributed by atoms with Gasteiger partial charge in [-0.15, -0.1) is 5.10 Å². The molecule has 3 aromatic rings. The number of anilines is 1. The van der Waals surface area contributed by atoms with Gasteiger partial charge in [0.05, 0.1) is 18.4 Å². The molecule has 118 valence electrons. The maximum Gasteiger partial charge on any atom is 0.322 e. The fraction of sp³-hybridized carbons (Fsp3) is 0.200. The molecule has 23 heavy (non-hydrogen) atoms. The molecule has 0 radical (unpaired) electrons. The topological polar surface area (TPSA) is 95.1 Å². The highest BCUT2D eigenvalue weighted by atomic mass is 16.5. The first kappa shape index (κ1) is 14.8. The first-order valence-electron chi connectivity index (χ1n) is 6.87. The Morgan fingerprint density at radius 3 is 2.78 bits per heavy atom. The van der Waals surface area contributed by atoms with Crippen LogP contribution in [0.1, 0.15) is 16.1 Å². The van der Waals surface area contributed by atoms with Gasteiger partial charge in [-0.05, 0) is 25.1 Å². The van der Waals surface area contributed by atoms with Gasteiger partial charge in [-0.2, -0.15) is 5.10 Å². The monoisotopic (exact) mass is 313 g/mol. The van der Waals surface area contributed by atoms with Crippen LogP contribution in [-0.4, -0.2) is 33.0 Å². The van der Waals surface area contributed by atoms with E-state index >= 15 is 0 Å². The maximum absolute atomic E-state index is 12.3. The number of rotatable bonds is 4. The van der Waals surface area contributed by atoms with Gasteiger partial charge in [-0.25, -0.2) is 0 Å². The Labute approximate surface area is 132 Å². The number of benzene rings is 1. The van der Waals surface area contributed by atoms with Crippen molar-refractivity contribution < 1.29 is 13.9 Å². The van der Waals surface area contributed by atoms with Crippen molar-refractivity contribution in [3.8, 4) is 17.3 Å². The molecule has 1 aromatic carbocycles. The van der Waals surface area contributed by atoms with E-state index in [1.807, 2.05) is 13.0 Å². The smallest absolute Gasteiger partial charge is 0.322 e. The van der Waals surface area contributed by atoms with Gasteiger partial charge in [0, 0.05) is 7.05 Å². The lowest BCUT2D eigenvalue weighted by molar-refractivity contribution is 0.102. The third-order valence-electron chi connectivity index (χ3n) is 3.22. The second kappa shape index (κ2) is 5.91. The summed E-state index contributed by atoms with van der Waals surface area (Å²) in [5.74, 6) is 0.356. The van der Waals surface area contributed by atoms with Gasteiger partial charge in [0.2, 0.25) is 0 Å². The molecule has 0 aliphatic heterocycles. The minimum atomic E-state index is -0.390. The number of methoxy groups -OCH3 is 1. The number of nitrogens with zero attached hydrogens (tertiary/aromatic N) is 4. The molecule has 0 spiro atoms. The molecule has 0 aliphatic rings. The lowest BCUT2D eigenvalue weighted by Gasteiger charge is -2.06. The standard InChI is InChI=1S/C15H15N5O3/c1-9-8-11(20(2)19-9)14-17-18-15(23-14)16-13(21)10-6-4-5-7-12(10)22-3/h4-8H,1-3H3,(H,16,18,21). The van der Waals surface area contributed by atoms with Gasteiger partial charge in [-0.1, -0.05) is 17.2 Å². The minimum Gasteiger partial charge on any atom is -0.496 e. The number of aryl methyl sites for hydroxylation is 2. The molecule has 3 rings (SSSR count). The first-order chi connectivity index (χ1) is 11.1. The number of para-hydroxylation sites is 1. The van der Waals surface area contributed by atoms with Crippen LogP contribution in [0.5, 0.6) is 5.75 Å². The van der Waals surface area contributed by atoms with Gasteiger partial charge < -0.3 is 9.15 Å². The Kier molecular flexibility index (Phi) is 3.80. The van der Waals surface area contributed by atoms with Crippen LogP contribution in [-0.2, 0) is 7.05 Å². The number of carbonyl (C=O) groups excluding carboxylic acids is 1. The molecule has 2 aromatic heterocycles. The summed E-state index contributed by atoms with van der Waals surface area (Å²) in [5.41, 5.74) is 1.89. The summed E-state index contributed by atoms with van der Waals surface area (Å²) in [5, 5.41) is 14.5. The normalized spacial score (nSPS) is 10.6. The van der Waals surface area contributed by atoms with Crippen LogP contribution in [0.3, 0.4) is 0 Å². The molecule has 1 N–H and O–H groups in total. The van der Waals surface area contributed by atoms with E-state index in [9.17, 15) is 4.79 Å². The molecule has 0 atom stereocenters. The van der Waals surface area contributed by atoms with Crippen molar-refractivity contribution in [2.24, 2.45) is 7.05 Å². The number of hydrogen-bond donors (Lipinski definition) is 1. The fourth-order valence-electron chi connectivity index (χ4n) is 2.18. The van der Waals surface area contributed by atoms with Crippen LogP contribution < -0.4 is 10.1 Å². The highest BCUT2D eigenvalue weighted by Crippen LogP contribution is 2.22. The minimum absolute atomic E-state index is 0.00904. The van der Waals surface area contributed by atoms with Crippen molar-refractivity contribution in [1.82, 2.24) is 20.0 Å².